The smallest absolute Gasteiger partial charge is 0.407 e. The number of fused-ring (bicyclic) bond motifs is 1. The molecule has 3 unspecified atom stereocenters. The lowest BCUT2D eigenvalue weighted by Gasteiger charge is -2.34. The first-order chi connectivity index (χ1) is 24.1. The van der Waals surface area contributed by atoms with E-state index in [2.05, 4.69) is 33.2 Å². The van der Waals surface area contributed by atoms with Gasteiger partial charge in [0.1, 0.15) is 18.7 Å². The van der Waals surface area contributed by atoms with Crippen LogP contribution in [0.15, 0.2) is 36.9 Å². The van der Waals surface area contributed by atoms with E-state index in [4.69, 9.17) is 4.74 Å². The van der Waals surface area contributed by atoms with Crippen molar-refractivity contribution in [3.63, 3.8) is 0 Å². The Kier molecular flexibility index (Phi) is 15.0. The number of alkyl carbamates (subject to hydrolysis) is 1. The molecule has 0 aromatic heterocycles. The third kappa shape index (κ3) is 11.3. The number of likely N-dealkylation sites (tertiary alicyclic amines) is 1. The molecule has 0 bridgehead atoms. The van der Waals surface area contributed by atoms with Gasteiger partial charge < -0.3 is 36.2 Å². The third-order valence-electron chi connectivity index (χ3n) is 9.86. The largest absolute Gasteiger partial charge is 0.447 e. The standard InChI is InChI=1S/C38H58N6O7/c1-9-14-28(32(45)34(47)40-17-10-2)41-33(46)29-20-27(23(4)5)21-44(29)35(48)31(26-18-24-15-12-13-16-25(24)19-26)43-36(49)42-30(38(6,7)8)22-51-37(50)39-11-3/h10,12-13,15-16,23,26-31H,2,9,11,14,17-22H2,1,3-8H3,(H,39,50)(H,40,47)(H,41,46)(H2,42,43,49)/t27-,28?,29?,30-,31?/m1/s1. The number of Topliss-reactive ketones (excluding diaryl/α,β-unsaturated/α-hetero) is 1. The van der Waals surface area contributed by atoms with Crippen LogP contribution in [0.1, 0.15) is 78.9 Å². The van der Waals surface area contributed by atoms with E-state index in [1.807, 2.05) is 65.8 Å². The van der Waals surface area contributed by atoms with Crippen molar-refractivity contribution in [3.8, 4) is 0 Å². The van der Waals surface area contributed by atoms with Crippen LogP contribution in [0.2, 0.25) is 0 Å². The third-order valence-corrected chi connectivity index (χ3v) is 9.86. The number of hydrogen-bond donors (Lipinski definition) is 5. The van der Waals surface area contributed by atoms with Gasteiger partial charge in [-0.2, -0.15) is 0 Å². The Bertz CT molecular complexity index is 1400. The maximum Gasteiger partial charge on any atom is 0.407 e. The van der Waals surface area contributed by atoms with Crippen molar-refractivity contribution in [1.29, 1.82) is 0 Å². The van der Waals surface area contributed by atoms with Gasteiger partial charge in [-0.25, -0.2) is 9.59 Å². The van der Waals surface area contributed by atoms with Gasteiger partial charge in [-0.1, -0.05) is 78.3 Å². The van der Waals surface area contributed by atoms with Crippen molar-refractivity contribution < 1.29 is 33.5 Å². The molecule has 1 aliphatic heterocycles. The molecule has 51 heavy (non-hydrogen) atoms. The monoisotopic (exact) mass is 710 g/mol. The molecule has 1 aromatic carbocycles. The molecule has 13 heteroatoms. The summed E-state index contributed by atoms with van der Waals surface area (Å²) >= 11 is 0. The van der Waals surface area contributed by atoms with Gasteiger partial charge in [-0.15, -0.1) is 6.58 Å². The molecule has 0 radical (unpaired) electrons. The molecule has 0 saturated carbocycles. The zero-order valence-electron chi connectivity index (χ0n) is 31.3. The molecule has 13 nitrogen and oxygen atoms in total. The maximum atomic E-state index is 14.7. The van der Waals surface area contributed by atoms with Crippen molar-refractivity contribution in [2.45, 2.75) is 105 Å². The van der Waals surface area contributed by atoms with Gasteiger partial charge in [0.2, 0.25) is 17.6 Å². The highest BCUT2D eigenvalue weighted by atomic mass is 16.5. The minimum absolute atomic E-state index is 0.00662. The molecule has 6 amide bonds. The van der Waals surface area contributed by atoms with Crippen LogP contribution in [0.4, 0.5) is 9.59 Å². The Morgan fingerprint density at radius 3 is 2.16 bits per heavy atom. The number of amides is 6. The van der Waals surface area contributed by atoms with Crippen LogP contribution in [0.5, 0.6) is 0 Å². The van der Waals surface area contributed by atoms with E-state index in [-0.39, 0.29) is 43.2 Å². The first kappa shape index (κ1) is 41.0. The predicted molar refractivity (Wildman–Crippen MR) is 195 cm³/mol. The summed E-state index contributed by atoms with van der Waals surface area (Å²) < 4.78 is 5.36. The topological polar surface area (TPSA) is 175 Å². The lowest BCUT2D eigenvalue weighted by molar-refractivity contribution is -0.143. The molecular weight excluding hydrogens is 652 g/mol. The highest BCUT2D eigenvalue weighted by Gasteiger charge is 2.46. The molecular formula is C38H58N6O7. The first-order valence-electron chi connectivity index (χ1n) is 18.2. The fourth-order valence-corrected chi connectivity index (χ4v) is 6.67. The van der Waals surface area contributed by atoms with E-state index in [1.54, 1.807) is 11.8 Å². The normalized spacial score (nSPS) is 18.9. The van der Waals surface area contributed by atoms with E-state index in [0.717, 1.165) is 11.1 Å². The van der Waals surface area contributed by atoms with Gasteiger partial charge in [0.25, 0.3) is 5.91 Å². The van der Waals surface area contributed by atoms with Crippen molar-refractivity contribution in [3.05, 3.63) is 48.0 Å². The van der Waals surface area contributed by atoms with Gasteiger partial charge in [-0.05, 0) is 66.9 Å². The lowest BCUT2D eigenvalue weighted by atomic mass is 9.87. The number of carbonyl (C=O) groups is 6. The number of hydrogen-bond acceptors (Lipinski definition) is 7. The predicted octanol–water partition coefficient (Wildman–Crippen LogP) is 3.26. The van der Waals surface area contributed by atoms with Crippen LogP contribution >= 0.6 is 0 Å². The summed E-state index contributed by atoms with van der Waals surface area (Å²) in [5.41, 5.74) is 1.69. The number of benzene rings is 1. The Morgan fingerprint density at radius 1 is 0.961 bits per heavy atom. The van der Waals surface area contributed by atoms with E-state index in [0.29, 0.717) is 38.8 Å². The van der Waals surface area contributed by atoms with Gasteiger partial charge in [-0.3, -0.25) is 19.2 Å². The average Bonchev–Trinajstić information content (AvgIpc) is 3.72. The van der Waals surface area contributed by atoms with Gasteiger partial charge in [0.15, 0.2) is 0 Å². The quantitative estimate of drug-likeness (QED) is 0.129. The fourth-order valence-electron chi connectivity index (χ4n) is 6.67. The molecule has 1 aromatic rings. The zero-order valence-corrected chi connectivity index (χ0v) is 31.3. The molecule has 1 heterocycles. The van der Waals surface area contributed by atoms with Crippen LogP contribution in [0.25, 0.3) is 0 Å². The number of nitrogens with one attached hydrogen (secondary N) is 5. The minimum Gasteiger partial charge on any atom is -0.447 e. The Balaban J connectivity index is 1.90. The second-order valence-corrected chi connectivity index (χ2v) is 15.0. The molecule has 2 aliphatic rings. The summed E-state index contributed by atoms with van der Waals surface area (Å²) in [4.78, 5) is 81.6. The summed E-state index contributed by atoms with van der Waals surface area (Å²) in [6, 6.07) is 3.80. The van der Waals surface area contributed by atoms with E-state index in [1.165, 1.54) is 6.08 Å². The minimum atomic E-state index is -1.05. The van der Waals surface area contributed by atoms with Crippen LogP contribution in [0, 0.1) is 23.2 Å². The highest BCUT2D eigenvalue weighted by molar-refractivity contribution is 6.38. The summed E-state index contributed by atoms with van der Waals surface area (Å²) in [6.45, 7) is 17.7. The number of ether oxygens (including phenoxy) is 1. The summed E-state index contributed by atoms with van der Waals surface area (Å²) in [7, 11) is 0. The van der Waals surface area contributed by atoms with Crippen molar-refractivity contribution in [2.24, 2.45) is 23.2 Å². The molecule has 0 spiro atoms. The first-order valence-corrected chi connectivity index (χ1v) is 18.2. The van der Waals surface area contributed by atoms with Crippen LogP contribution in [-0.2, 0) is 36.8 Å². The van der Waals surface area contributed by atoms with Crippen LogP contribution in [0.3, 0.4) is 0 Å². The molecule has 5 atom stereocenters. The highest BCUT2D eigenvalue weighted by Crippen LogP contribution is 2.34. The molecule has 3 rings (SSSR count). The Morgan fingerprint density at radius 2 is 1.61 bits per heavy atom. The molecule has 1 saturated heterocycles. The number of rotatable bonds is 16. The van der Waals surface area contributed by atoms with Crippen molar-refractivity contribution in [2.75, 3.05) is 26.2 Å². The number of urea groups is 1. The van der Waals surface area contributed by atoms with E-state index >= 15 is 0 Å². The Hall–Kier alpha value is -4.42. The molecule has 1 aliphatic carbocycles. The summed E-state index contributed by atoms with van der Waals surface area (Å²) in [5.74, 6) is -2.61. The number of carbonyl (C=O) groups excluding carboxylic acids is 6. The van der Waals surface area contributed by atoms with Crippen molar-refractivity contribution >= 4 is 35.6 Å². The van der Waals surface area contributed by atoms with E-state index < -0.39 is 59.3 Å². The van der Waals surface area contributed by atoms with Gasteiger partial charge in [0, 0.05) is 19.6 Å². The average molecular weight is 711 g/mol. The number of nitrogens with zero attached hydrogens (tertiary/aromatic N) is 1. The number of ketones is 1. The van der Waals surface area contributed by atoms with Gasteiger partial charge in [0.05, 0.1) is 12.1 Å². The molecule has 5 N–H and O–H groups in total. The van der Waals surface area contributed by atoms with Crippen molar-refractivity contribution in [1.82, 2.24) is 31.5 Å². The second-order valence-electron chi connectivity index (χ2n) is 15.0. The zero-order chi connectivity index (χ0) is 37.9. The lowest BCUT2D eigenvalue weighted by Crippen LogP contribution is -2.60. The molecule has 282 valence electrons. The second kappa shape index (κ2) is 18.7. The molecule has 1 fully saturated rings. The fraction of sp³-hybridized carbons (Fsp3) is 0.632. The van der Waals surface area contributed by atoms with Gasteiger partial charge >= 0.3 is 12.1 Å². The SMILES string of the molecule is C=CCNC(=O)C(=O)C(CCC)NC(=O)C1C[C@@H](C(C)C)CN1C(=O)C(NC(=O)N[C@H](COC(=O)NCC)C(C)(C)C)C1Cc2ccccc2C1. The Labute approximate surface area is 302 Å². The summed E-state index contributed by atoms with van der Waals surface area (Å²) in [6.07, 6.45) is 3.15. The summed E-state index contributed by atoms with van der Waals surface area (Å²) in [5, 5.41) is 13.7. The van der Waals surface area contributed by atoms with Crippen LogP contribution < -0.4 is 26.6 Å². The van der Waals surface area contributed by atoms with Crippen LogP contribution in [-0.4, -0.2) is 90.9 Å². The van der Waals surface area contributed by atoms with E-state index in [9.17, 15) is 28.8 Å². The maximum absolute atomic E-state index is 14.7.